The molecule has 0 saturated carbocycles. The second-order valence-electron chi connectivity index (χ2n) is 3.62. The Balaban J connectivity index is 2.37. The molecule has 0 N–H and O–H groups in total. The van der Waals surface area contributed by atoms with Crippen LogP contribution in [0.15, 0.2) is 39.2 Å². The van der Waals surface area contributed by atoms with E-state index < -0.39 is 5.97 Å². The Hall–Kier alpha value is -1.55. The largest absolute Gasteiger partial charge is 0.463 e. The van der Waals surface area contributed by atoms with Crippen LogP contribution in [-0.2, 0) is 4.74 Å². The zero-order valence-corrected chi connectivity index (χ0v) is 11.1. The smallest absolute Gasteiger partial charge is 0.373 e. The minimum Gasteiger partial charge on any atom is -0.463 e. The summed E-state index contributed by atoms with van der Waals surface area (Å²) in [6.07, 6.45) is 0. The lowest BCUT2D eigenvalue weighted by Gasteiger charge is -2.01. The lowest BCUT2D eigenvalue weighted by molar-refractivity contribution is 0.0566. The average molecular weight is 295 g/mol. The highest BCUT2D eigenvalue weighted by atomic mass is 79.9. The monoisotopic (exact) mass is 294 g/mol. The van der Waals surface area contributed by atoms with Crippen LogP contribution in [0.4, 0.5) is 0 Å². The van der Waals surface area contributed by atoms with Gasteiger partial charge in [0.1, 0.15) is 5.76 Å². The van der Waals surface area contributed by atoms with E-state index in [-0.39, 0.29) is 5.76 Å². The number of ether oxygens (including phenoxy) is 1. The van der Waals surface area contributed by atoms with Gasteiger partial charge in [-0.05, 0) is 36.8 Å². The third-order valence-electron chi connectivity index (χ3n) is 2.44. The molecule has 2 rings (SSSR count). The molecule has 0 atom stereocenters. The van der Waals surface area contributed by atoms with Gasteiger partial charge in [0.2, 0.25) is 5.76 Å². The predicted octanol–water partition coefficient (Wildman–Crippen LogP) is 3.80. The number of carbonyl (C=O) groups excluding carboxylic acids is 1. The van der Waals surface area contributed by atoms with Crippen molar-refractivity contribution in [3.63, 3.8) is 0 Å². The van der Waals surface area contributed by atoms with Gasteiger partial charge in [0, 0.05) is 10.0 Å². The van der Waals surface area contributed by atoms with Crippen molar-refractivity contribution in [3.05, 3.63) is 46.1 Å². The number of aryl methyl sites for hydroxylation is 1. The van der Waals surface area contributed by atoms with Gasteiger partial charge < -0.3 is 9.15 Å². The first-order valence-corrected chi connectivity index (χ1v) is 5.86. The molecule has 0 aliphatic carbocycles. The Bertz CT molecular complexity index is 558. The second kappa shape index (κ2) is 4.75. The summed E-state index contributed by atoms with van der Waals surface area (Å²) in [5.74, 6) is 0.397. The molecule has 0 saturated heterocycles. The van der Waals surface area contributed by atoms with E-state index >= 15 is 0 Å². The molecule has 0 spiro atoms. The second-order valence-corrected chi connectivity index (χ2v) is 4.47. The zero-order chi connectivity index (χ0) is 12.4. The van der Waals surface area contributed by atoms with Crippen LogP contribution in [0.3, 0.4) is 0 Å². The molecule has 1 aromatic heterocycles. The normalized spacial score (nSPS) is 10.3. The first-order valence-electron chi connectivity index (χ1n) is 5.06. The van der Waals surface area contributed by atoms with Crippen LogP contribution >= 0.6 is 15.9 Å². The number of benzene rings is 1. The first kappa shape index (κ1) is 11.9. The molecule has 0 fully saturated rings. The molecular weight excluding hydrogens is 284 g/mol. The highest BCUT2D eigenvalue weighted by Gasteiger charge is 2.12. The Morgan fingerprint density at radius 1 is 1.29 bits per heavy atom. The number of halogens is 1. The number of methoxy groups -OCH3 is 1. The summed E-state index contributed by atoms with van der Waals surface area (Å²) in [6, 6.07) is 9.24. The molecular formula is C13H11BrO3. The quantitative estimate of drug-likeness (QED) is 0.791. The van der Waals surface area contributed by atoms with Crippen LogP contribution in [0.5, 0.6) is 0 Å². The maximum Gasteiger partial charge on any atom is 0.373 e. The fourth-order valence-electron chi connectivity index (χ4n) is 1.50. The van der Waals surface area contributed by atoms with Gasteiger partial charge in [-0.2, -0.15) is 0 Å². The molecule has 0 amide bonds. The minimum atomic E-state index is -0.468. The molecule has 0 aliphatic heterocycles. The molecule has 17 heavy (non-hydrogen) atoms. The van der Waals surface area contributed by atoms with E-state index in [0.717, 1.165) is 15.6 Å². The number of carbonyl (C=O) groups is 1. The van der Waals surface area contributed by atoms with Crippen molar-refractivity contribution >= 4 is 21.9 Å². The maximum absolute atomic E-state index is 11.3. The molecule has 0 aliphatic rings. The maximum atomic E-state index is 11.3. The molecule has 88 valence electrons. The Labute approximate surface area is 108 Å². The van der Waals surface area contributed by atoms with Crippen LogP contribution in [0.2, 0.25) is 0 Å². The number of esters is 1. The fraction of sp³-hybridized carbons (Fsp3) is 0.154. The van der Waals surface area contributed by atoms with E-state index in [9.17, 15) is 4.79 Å². The molecule has 1 aromatic carbocycles. The van der Waals surface area contributed by atoms with E-state index in [2.05, 4.69) is 20.7 Å². The fourth-order valence-corrected chi connectivity index (χ4v) is 1.75. The number of furan rings is 1. The Morgan fingerprint density at radius 3 is 2.71 bits per heavy atom. The van der Waals surface area contributed by atoms with Gasteiger partial charge in [-0.15, -0.1) is 0 Å². The predicted molar refractivity (Wildman–Crippen MR) is 67.9 cm³/mol. The summed E-state index contributed by atoms with van der Waals surface area (Å²) in [5, 5.41) is 0. The molecule has 2 aromatic rings. The van der Waals surface area contributed by atoms with Gasteiger partial charge >= 0.3 is 5.97 Å². The molecule has 0 radical (unpaired) electrons. The summed E-state index contributed by atoms with van der Waals surface area (Å²) in [5.41, 5.74) is 2.04. The molecule has 4 heteroatoms. The van der Waals surface area contributed by atoms with Crippen molar-refractivity contribution in [1.82, 2.24) is 0 Å². The highest BCUT2D eigenvalue weighted by molar-refractivity contribution is 9.10. The summed E-state index contributed by atoms with van der Waals surface area (Å²) in [7, 11) is 1.33. The summed E-state index contributed by atoms with van der Waals surface area (Å²) in [6.45, 7) is 2.00. The molecule has 1 heterocycles. The van der Waals surface area contributed by atoms with Crippen LogP contribution in [0.25, 0.3) is 11.3 Å². The van der Waals surface area contributed by atoms with Crippen molar-refractivity contribution in [2.75, 3.05) is 7.11 Å². The van der Waals surface area contributed by atoms with E-state index in [1.807, 2.05) is 25.1 Å². The zero-order valence-electron chi connectivity index (χ0n) is 9.49. The van der Waals surface area contributed by atoms with E-state index in [1.165, 1.54) is 7.11 Å². The standard InChI is InChI=1S/C13H11BrO3/c1-8-7-9(3-4-10(8)14)11-5-6-12(17-11)13(15)16-2/h3-7H,1-2H3. The van der Waals surface area contributed by atoms with Gasteiger partial charge in [0.25, 0.3) is 0 Å². The van der Waals surface area contributed by atoms with Crippen molar-refractivity contribution in [2.24, 2.45) is 0 Å². The minimum absolute atomic E-state index is 0.211. The Morgan fingerprint density at radius 2 is 2.06 bits per heavy atom. The third kappa shape index (κ3) is 2.42. The van der Waals surface area contributed by atoms with Crippen molar-refractivity contribution in [1.29, 1.82) is 0 Å². The third-order valence-corrected chi connectivity index (χ3v) is 3.32. The van der Waals surface area contributed by atoms with Gasteiger partial charge in [-0.25, -0.2) is 4.79 Å². The van der Waals surface area contributed by atoms with Crippen molar-refractivity contribution in [3.8, 4) is 11.3 Å². The lowest BCUT2D eigenvalue weighted by atomic mass is 10.1. The van der Waals surface area contributed by atoms with Crippen LogP contribution in [0, 0.1) is 6.92 Å². The Kier molecular flexibility index (Phi) is 3.33. The van der Waals surface area contributed by atoms with Gasteiger partial charge in [0.05, 0.1) is 7.11 Å². The summed E-state index contributed by atoms with van der Waals surface area (Å²) in [4.78, 5) is 11.3. The van der Waals surface area contributed by atoms with Crippen LogP contribution in [0.1, 0.15) is 16.1 Å². The number of hydrogen-bond donors (Lipinski definition) is 0. The van der Waals surface area contributed by atoms with Gasteiger partial charge in [-0.1, -0.05) is 22.0 Å². The molecule has 3 nitrogen and oxygen atoms in total. The first-order chi connectivity index (χ1) is 8.11. The summed E-state index contributed by atoms with van der Waals surface area (Å²) >= 11 is 3.44. The van der Waals surface area contributed by atoms with Crippen LogP contribution < -0.4 is 0 Å². The number of rotatable bonds is 2. The van der Waals surface area contributed by atoms with E-state index in [0.29, 0.717) is 5.76 Å². The topological polar surface area (TPSA) is 39.4 Å². The van der Waals surface area contributed by atoms with Crippen LogP contribution in [-0.4, -0.2) is 13.1 Å². The lowest BCUT2D eigenvalue weighted by Crippen LogP contribution is -1.98. The van der Waals surface area contributed by atoms with Gasteiger partial charge in [-0.3, -0.25) is 0 Å². The average Bonchev–Trinajstić information content (AvgIpc) is 2.81. The van der Waals surface area contributed by atoms with E-state index in [1.54, 1.807) is 12.1 Å². The highest BCUT2D eigenvalue weighted by Crippen LogP contribution is 2.26. The molecule has 0 unspecified atom stereocenters. The molecule has 0 bridgehead atoms. The summed E-state index contributed by atoms with van der Waals surface area (Å²) < 4.78 is 11.1. The van der Waals surface area contributed by atoms with Crippen molar-refractivity contribution < 1.29 is 13.9 Å². The number of hydrogen-bond acceptors (Lipinski definition) is 3. The SMILES string of the molecule is COC(=O)c1ccc(-c2ccc(Br)c(C)c2)o1. The van der Waals surface area contributed by atoms with E-state index in [4.69, 9.17) is 4.42 Å². The van der Waals surface area contributed by atoms with Gasteiger partial charge in [0.15, 0.2) is 0 Å². The van der Waals surface area contributed by atoms with Crippen molar-refractivity contribution in [2.45, 2.75) is 6.92 Å².